The Bertz CT molecular complexity index is 370. The van der Waals surface area contributed by atoms with Gasteiger partial charge in [0, 0.05) is 6.04 Å². The molecule has 0 bridgehead atoms. The van der Waals surface area contributed by atoms with E-state index >= 15 is 0 Å². The van der Waals surface area contributed by atoms with Gasteiger partial charge in [-0.2, -0.15) is 5.26 Å². The molecule has 0 aromatic carbocycles. The maximum absolute atomic E-state index is 11.9. The van der Waals surface area contributed by atoms with Gasteiger partial charge in [-0.15, -0.1) is 0 Å². The van der Waals surface area contributed by atoms with Crippen LogP contribution in [-0.4, -0.2) is 23.0 Å². The second kappa shape index (κ2) is 6.04. The van der Waals surface area contributed by atoms with Crippen LogP contribution in [-0.2, 0) is 9.59 Å². The van der Waals surface area contributed by atoms with Crippen LogP contribution in [0.1, 0.15) is 26.2 Å². The van der Waals surface area contributed by atoms with Gasteiger partial charge in [-0.1, -0.05) is 12.2 Å². The molecule has 17 heavy (non-hydrogen) atoms. The molecule has 0 spiro atoms. The van der Waals surface area contributed by atoms with Crippen molar-refractivity contribution in [1.29, 1.82) is 5.26 Å². The van der Waals surface area contributed by atoms with E-state index in [0.29, 0.717) is 12.8 Å². The molecular weight excluding hydrogens is 220 g/mol. The van der Waals surface area contributed by atoms with Gasteiger partial charge in [0.25, 0.3) is 0 Å². The summed E-state index contributed by atoms with van der Waals surface area (Å²) in [5.41, 5.74) is 0. The highest BCUT2D eigenvalue weighted by atomic mass is 16.4. The molecule has 2 N–H and O–H groups in total. The minimum atomic E-state index is -0.942. The molecule has 3 atom stereocenters. The van der Waals surface area contributed by atoms with Gasteiger partial charge in [0.15, 0.2) is 0 Å². The van der Waals surface area contributed by atoms with Gasteiger partial charge in [-0.25, -0.2) is 0 Å². The summed E-state index contributed by atoms with van der Waals surface area (Å²) in [5, 5.41) is 20.2. The molecule has 0 radical (unpaired) electrons. The predicted octanol–water partition coefficient (Wildman–Crippen LogP) is 1.07. The molecule has 1 rings (SSSR count). The fourth-order valence-corrected chi connectivity index (χ4v) is 1.91. The number of nitriles is 1. The molecule has 0 saturated carbocycles. The van der Waals surface area contributed by atoms with Crippen molar-refractivity contribution in [1.82, 2.24) is 5.32 Å². The van der Waals surface area contributed by atoms with Crippen molar-refractivity contribution in [3.8, 4) is 6.07 Å². The number of allylic oxidation sites excluding steroid dienone is 2. The lowest BCUT2D eigenvalue weighted by atomic mass is 9.82. The third-order valence-electron chi connectivity index (χ3n) is 2.87. The quantitative estimate of drug-likeness (QED) is 0.714. The van der Waals surface area contributed by atoms with Gasteiger partial charge in [0.1, 0.15) is 0 Å². The zero-order chi connectivity index (χ0) is 12.8. The molecule has 92 valence electrons. The van der Waals surface area contributed by atoms with Crippen molar-refractivity contribution in [3.63, 3.8) is 0 Å². The Kier molecular flexibility index (Phi) is 4.70. The van der Waals surface area contributed by atoms with E-state index in [1.807, 2.05) is 12.1 Å². The fraction of sp³-hybridized carbons (Fsp3) is 0.583. The van der Waals surface area contributed by atoms with Crippen molar-refractivity contribution in [2.45, 2.75) is 32.2 Å². The Morgan fingerprint density at radius 1 is 1.47 bits per heavy atom. The molecule has 1 amide bonds. The topological polar surface area (TPSA) is 90.2 Å². The fourth-order valence-electron chi connectivity index (χ4n) is 1.91. The number of rotatable bonds is 4. The Morgan fingerprint density at radius 2 is 2.06 bits per heavy atom. The van der Waals surface area contributed by atoms with Gasteiger partial charge in [0.2, 0.25) is 5.91 Å². The van der Waals surface area contributed by atoms with Crippen LogP contribution in [0.4, 0.5) is 0 Å². The first-order valence-electron chi connectivity index (χ1n) is 5.61. The van der Waals surface area contributed by atoms with Crippen LogP contribution in [0, 0.1) is 23.2 Å². The van der Waals surface area contributed by atoms with Gasteiger partial charge in [-0.3, -0.25) is 9.59 Å². The summed E-state index contributed by atoms with van der Waals surface area (Å²) in [4.78, 5) is 22.9. The maximum Gasteiger partial charge on any atom is 0.307 e. The van der Waals surface area contributed by atoms with Crippen molar-refractivity contribution in [3.05, 3.63) is 12.2 Å². The van der Waals surface area contributed by atoms with E-state index < -0.39 is 17.8 Å². The second-order valence-electron chi connectivity index (χ2n) is 4.27. The predicted molar refractivity (Wildman–Crippen MR) is 60.8 cm³/mol. The monoisotopic (exact) mass is 236 g/mol. The highest BCUT2D eigenvalue weighted by Gasteiger charge is 2.34. The highest BCUT2D eigenvalue weighted by Crippen LogP contribution is 2.26. The normalized spacial score (nSPS) is 24.7. The largest absolute Gasteiger partial charge is 0.481 e. The van der Waals surface area contributed by atoms with Crippen molar-refractivity contribution in [2.24, 2.45) is 11.8 Å². The van der Waals surface area contributed by atoms with E-state index in [9.17, 15) is 9.59 Å². The van der Waals surface area contributed by atoms with E-state index in [1.165, 1.54) is 0 Å². The number of amides is 1. The molecule has 0 aromatic rings. The molecule has 1 aliphatic rings. The van der Waals surface area contributed by atoms with Crippen LogP contribution in [0.2, 0.25) is 0 Å². The Balaban J connectivity index is 2.64. The number of nitrogens with one attached hydrogen (secondary N) is 1. The Hall–Kier alpha value is -1.83. The summed E-state index contributed by atoms with van der Waals surface area (Å²) < 4.78 is 0. The third-order valence-corrected chi connectivity index (χ3v) is 2.87. The molecule has 0 fully saturated rings. The van der Waals surface area contributed by atoms with Crippen molar-refractivity contribution < 1.29 is 14.7 Å². The first-order valence-corrected chi connectivity index (χ1v) is 5.61. The van der Waals surface area contributed by atoms with Crippen LogP contribution < -0.4 is 5.32 Å². The number of hydrogen-bond donors (Lipinski definition) is 2. The molecule has 5 heteroatoms. The van der Waals surface area contributed by atoms with Gasteiger partial charge in [0.05, 0.1) is 24.3 Å². The van der Waals surface area contributed by atoms with Crippen molar-refractivity contribution in [2.75, 3.05) is 0 Å². The summed E-state index contributed by atoms with van der Waals surface area (Å²) >= 11 is 0. The summed E-state index contributed by atoms with van der Waals surface area (Å²) in [6.07, 6.45) is 4.69. The Labute approximate surface area is 100 Å². The Morgan fingerprint density at radius 3 is 2.59 bits per heavy atom. The van der Waals surface area contributed by atoms with Crippen molar-refractivity contribution >= 4 is 11.9 Å². The number of carboxylic acids is 1. The van der Waals surface area contributed by atoms with E-state index in [-0.39, 0.29) is 18.4 Å². The molecule has 5 nitrogen and oxygen atoms in total. The highest BCUT2D eigenvalue weighted by molar-refractivity contribution is 5.85. The zero-order valence-corrected chi connectivity index (χ0v) is 9.72. The van der Waals surface area contributed by atoms with E-state index in [1.54, 1.807) is 13.0 Å². The minimum Gasteiger partial charge on any atom is -0.481 e. The lowest BCUT2D eigenvalue weighted by Crippen LogP contribution is -2.42. The van der Waals surface area contributed by atoms with Crippen LogP contribution in [0.25, 0.3) is 0 Å². The average Bonchev–Trinajstić information content (AvgIpc) is 2.29. The van der Waals surface area contributed by atoms with Gasteiger partial charge >= 0.3 is 5.97 Å². The molecule has 0 heterocycles. The number of nitrogens with zero attached hydrogens (tertiary/aromatic N) is 1. The molecular formula is C12H16N2O3. The molecule has 0 aliphatic heterocycles. The zero-order valence-electron chi connectivity index (χ0n) is 9.72. The second-order valence-corrected chi connectivity index (χ2v) is 4.27. The molecule has 0 aromatic heterocycles. The number of carbonyl (C=O) groups is 2. The molecule has 3 unspecified atom stereocenters. The van der Waals surface area contributed by atoms with Gasteiger partial charge in [-0.05, 0) is 19.8 Å². The summed E-state index contributed by atoms with van der Waals surface area (Å²) in [6.45, 7) is 1.73. The van der Waals surface area contributed by atoms with Crippen LogP contribution in [0.15, 0.2) is 12.2 Å². The number of carbonyl (C=O) groups excluding carboxylic acids is 1. The number of aliphatic carboxylic acids is 1. The number of carboxylic acid groups (broad SMARTS) is 1. The van der Waals surface area contributed by atoms with Crippen LogP contribution >= 0.6 is 0 Å². The van der Waals surface area contributed by atoms with Gasteiger partial charge < -0.3 is 10.4 Å². The van der Waals surface area contributed by atoms with Crippen LogP contribution in [0.5, 0.6) is 0 Å². The standard InChI is InChI=1S/C12H16N2O3/c1-8(6-7-13)14-11(15)9-4-2-3-5-10(9)12(16)17/h2-3,8-10H,4-6H2,1H3,(H,14,15)(H,16,17). The SMILES string of the molecule is CC(CC#N)NC(=O)C1CC=CCC1C(=O)O. The maximum atomic E-state index is 11.9. The molecule has 1 aliphatic carbocycles. The average molecular weight is 236 g/mol. The third kappa shape index (κ3) is 3.59. The van der Waals surface area contributed by atoms with E-state index in [4.69, 9.17) is 10.4 Å². The molecule has 0 saturated heterocycles. The smallest absolute Gasteiger partial charge is 0.307 e. The lowest BCUT2D eigenvalue weighted by Gasteiger charge is -2.25. The summed E-state index contributed by atoms with van der Waals surface area (Å²) in [6, 6.07) is 1.72. The van der Waals surface area contributed by atoms with E-state index in [2.05, 4.69) is 5.32 Å². The minimum absolute atomic E-state index is 0.228. The summed E-state index contributed by atoms with van der Waals surface area (Å²) in [5.74, 6) is -2.40. The van der Waals surface area contributed by atoms with Crippen LogP contribution in [0.3, 0.4) is 0 Å². The lowest BCUT2D eigenvalue weighted by molar-refractivity contribution is -0.147. The first kappa shape index (κ1) is 13.2. The summed E-state index contributed by atoms with van der Waals surface area (Å²) in [7, 11) is 0. The number of hydrogen-bond acceptors (Lipinski definition) is 3. The van der Waals surface area contributed by atoms with E-state index in [0.717, 1.165) is 0 Å². The first-order chi connectivity index (χ1) is 8.06.